The van der Waals surface area contributed by atoms with Gasteiger partial charge in [0, 0.05) is 25.4 Å². The molecule has 1 saturated carbocycles. The van der Waals surface area contributed by atoms with Crippen molar-refractivity contribution in [2.75, 3.05) is 12.8 Å². The van der Waals surface area contributed by atoms with Crippen molar-refractivity contribution in [3.05, 3.63) is 35.0 Å². The molecule has 1 N–H and O–H groups in total. The molecule has 0 aliphatic heterocycles. The van der Waals surface area contributed by atoms with Crippen LogP contribution in [0.1, 0.15) is 67.1 Å². The highest BCUT2D eigenvalue weighted by atomic mass is 32.2. The average Bonchev–Trinajstić information content (AvgIpc) is 3.17. The van der Waals surface area contributed by atoms with E-state index in [1.165, 1.54) is 17.0 Å². The van der Waals surface area contributed by atoms with Gasteiger partial charge in [-0.1, -0.05) is 13.8 Å². The third-order valence-corrected chi connectivity index (χ3v) is 8.76. The first-order chi connectivity index (χ1) is 18.1. The van der Waals surface area contributed by atoms with Crippen LogP contribution in [0.4, 0.5) is 22.0 Å². The minimum atomic E-state index is -4.46. The lowest BCUT2D eigenvalue weighted by Crippen LogP contribution is -2.34. The number of sulfone groups is 1. The number of alkyl halides is 5. The van der Waals surface area contributed by atoms with Gasteiger partial charge in [-0.05, 0) is 56.6 Å². The molecule has 2 aromatic heterocycles. The number of ether oxygens (including phenoxy) is 1. The molecular formula is C25H33F5N4O4S. The lowest BCUT2D eigenvalue weighted by atomic mass is 9.89. The summed E-state index contributed by atoms with van der Waals surface area (Å²) in [6.45, 7) is 1.36. The summed E-state index contributed by atoms with van der Waals surface area (Å²) in [5.41, 5.74) is 0.419. The topological polar surface area (TPSA) is 103 Å². The van der Waals surface area contributed by atoms with E-state index in [4.69, 9.17) is 0 Å². The number of pyridine rings is 1. The van der Waals surface area contributed by atoms with Crippen LogP contribution in [0.5, 0.6) is 5.75 Å². The molecule has 1 amide bonds. The minimum absolute atomic E-state index is 0.0521. The molecule has 2 aromatic rings. The first-order valence-electron chi connectivity index (χ1n) is 12.7. The number of amides is 1. The molecule has 0 saturated heterocycles. The number of aromatic nitrogens is 3. The molecule has 1 fully saturated rings. The van der Waals surface area contributed by atoms with E-state index in [1.54, 1.807) is 13.8 Å². The summed E-state index contributed by atoms with van der Waals surface area (Å²) in [4.78, 5) is 21.5. The monoisotopic (exact) mass is 580 g/mol. The van der Waals surface area contributed by atoms with Crippen molar-refractivity contribution in [1.29, 1.82) is 0 Å². The fourth-order valence-corrected chi connectivity index (χ4v) is 5.92. The third-order valence-electron chi connectivity index (χ3n) is 7.08. The van der Waals surface area contributed by atoms with Crippen LogP contribution in [0.3, 0.4) is 0 Å². The van der Waals surface area contributed by atoms with E-state index in [-0.39, 0.29) is 28.2 Å². The normalized spacial score (nSPS) is 19.2. The molecule has 218 valence electrons. The van der Waals surface area contributed by atoms with Crippen molar-refractivity contribution in [3.63, 3.8) is 0 Å². The fraction of sp³-hybridized carbons (Fsp3) is 0.640. The molecule has 14 heteroatoms. The largest absolute Gasteiger partial charge is 0.431 e. The summed E-state index contributed by atoms with van der Waals surface area (Å²) in [6, 6.07) is 1.10. The number of nitrogens with one attached hydrogen (secondary N) is 1. The first-order valence-corrected chi connectivity index (χ1v) is 14.6. The summed E-state index contributed by atoms with van der Waals surface area (Å²) >= 11 is 0. The highest BCUT2D eigenvalue weighted by molar-refractivity contribution is 7.91. The van der Waals surface area contributed by atoms with Crippen LogP contribution in [0.2, 0.25) is 0 Å². The van der Waals surface area contributed by atoms with E-state index in [9.17, 15) is 35.2 Å². The number of nitrogens with zero attached hydrogens (tertiary/aromatic N) is 3. The molecule has 8 nitrogen and oxygen atoms in total. The Morgan fingerprint density at radius 3 is 2.41 bits per heavy atom. The van der Waals surface area contributed by atoms with Gasteiger partial charge in [0.05, 0.1) is 16.9 Å². The molecule has 0 unspecified atom stereocenters. The van der Waals surface area contributed by atoms with Crippen molar-refractivity contribution in [2.24, 2.45) is 11.8 Å². The van der Waals surface area contributed by atoms with Gasteiger partial charge in [0.15, 0.2) is 11.6 Å². The van der Waals surface area contributed by atoms with Crippen LogP contribution in [-0.4, -0.2) is 59.7 Å². The van der Waals surface area contributed by atoms with Gasteiger partial charge in [-0.3, -0.25) is 9.36 Å². The molecule has 1 aliphatic rings. The maximum Gasteiger partial charge on any atom is 0.391 e. The van der Waals surface area contributed by atoms with Crippen molar-refractivity contribution >= 4 is 15.7 Å². The maximum atomic E-state index is 13.2. The molecule has 0 bridgehead atoms. The number of carbonyl (C=O) groups is 1. The predicted octanol–water partition coefficient (Wildman–Crippen LogP) is 4.81. The van der Waals surface area contributed by atoms with Crippen LogP contribution in [0.25, 0.3) is 5.82 Å². The minimum Gasteiger partial charge on any atom is -0.431 e. The number of imidazole rings is 1. The Labute approximate surface area is 224 Å². The molecule has 2 heterocycles. The first kappa shape index (κ1) is 30.8. The SMILES string of the molecule is CCc1nc(C(=O)NCC2CCC(S(C)(=O)=O)CC2)c(C)n1-c1ncc(C[C@H](C)C(F)(F)F)cc1OC(F)F. The van der Waals surface area contributed by atoms with Crippen LogP contribution in [-0.2, 0) is 22.7 Å². The lowest BCUT2D eigenvalue weighted by molar-refractivity contribution is -0.169. The Morgan fingerprint density at radius 2 is 1.87 bits per heavy atom. The van der Waals surface area contributed by atoms with E-state index >= 15 is 0 Å². The summed E-state index contributed by atoms with van der Waals surface area (Å²) in [7, 11) is -3.10. The van der Waals surface area contributed by atoms with Crippen molar-refractivity contribution in [3.8, 4) is 11.6 Å². The Kier molecular flexibility index (Phi) is 9.60. The number of rotatable bonds is 10. The number of hydrogen-bond acceptors (Lipinski definition) is 6. The number of hydrogen-bond donors (Lipinski definition) is 1. The Hall–Kier alpha value is -2.77. The molecule has 1 aliphatic carbocycles. The Morgan fingerprint density at radius 1 is 1.23 bits per heavy atom. The Balaban J connectivity index is 1.83. The highest BCUT2D eigenvalue weighted by Gasteiger charge is 2.36. The van der Waals surface area contributed by atoms with Gasteiger partial charge in [-0.25, -0.2) is 18.4 Å². The van der Waals surface area contributed by atoms with Gasteiger partial charge in [-0.15, -0.1) is 0 Å². The Bertz CT molecular complexity index is 1270. The summed E-state index contributed by atoms with van der Waals surface area (Å²) in [5, 5.41) is 2.46. The number of aryl methyl sites for hydroxylation is 1. The predicted molar refractivity (Wildman–Crippen MR) is 134 cm³/mol. The van der Waals surface area contributed by atoms with Gasteiger partial charge >= 0.3 is 12.8 Å². The average molecular weight is 581 g/mol. The summed E-state index contributed by atoms with van der Waals surface area (Å²) in [6.07, 6.45) is 0.133. The standard InChI is InChI=1S/C25H33F5N4O4S/c1-5-20-33-21(23(35)32-12-16-6-8-18(9-7-16)39(4,36)37)15(3)34(20)22-19(38-24(26)27)11-17(13-31-22)10-14(2)25(28,29)30/h11,13-14,16,18,24H,5-10,12H2,1-4H3,(H,32,35)/t14-,16?,18?/m0/s1. The number of carbonyl (C=O) groups excluding carboxylic acids is 1. The second kappa shape index (κ2) is 12.2. The number of halogens is 5. The van der Waals surface area contributed by atoms with Gasteiger partial charge in [0.25, 0.3) is 5.91 Å². The molecule has 0 aromatic carbocycles. The zero-order chi connectivity index (χ0) is 29.1. The molecule has 39 heavy (non-hydrogen) atoms. The van der Waals surface area contributed by atoms with Crippen molar-refractivity contribution < 1.29 is 39.9 Å². The molecular weight excluding hydrogens is 547 g/mol. The van der Waals surface area contributed by atoms with E-state index in [0.29, 0.717) is 50.2 Å². The summed E-state index contributed by atoms with van der Waals surface area (Å²) < 4.78 is 95.1. The quantitative estimate of drug-likeness (QED) is 0.405. The summed E-state index contributed by atoms with van der Waals surface area (Å²) in [5.74, 6) is -2.31. The lowest BCUT2D eigenvalue weighted by Gasteiger charge is -2.27. The second-order valence-electron chi connectivity index (χ2n) is 10.0. The van der Waals surface area contributed by atoms with Gasteiger partial charge in [0.1, 0.15) is 21.4 Å². The van der Waals surface area contributed by atoms with Crippen molar-refractivity contribution in [1.82, 2.24) is 19.9 Å². The molecule has 0 spiro atoms. The zero-order valence-electron chi connectivity index (χ0n) is 22.2. The van der Waals surface area contributed by atoms with Crippen molar-refractivity contribution in [2.45, 2.75) is 77.3 Å². The molecule has 1 atom stereocenters. The van der Waals surface area contributed by atoms with E-state index in [0.717, 1.165) is 13.0 Å². The van der Waals surface area contributed by atoms with E-state index < -0.39 is 46.6 Å². The molecule has 0 radical (unpaired) electrons. The fourth-order valence-electron chi connectivity index (χ4n) is 4.79. The maximum absolute atomic E-state index is 13.2. The van der Waals surface area contributed by atoms with Crippen LogP contribution in [0.15, 0.2) is 12.3 Å². The van der Waals surface area contributed by atoms with Crippen LogP contribution >= 0.6 is 0 Å². The highest BCUT2D eigenvalue weighted by Crippen LogP contribution is 2.32. The zero-order valence-corrected chi connectivity index (χ0v) is 23.0. The third kappa shape index (κ3) is 7.67. The van der Waals surface area contributed by atoms with Gasteiger partial charge in [0.2, 0.25) is 0 Å². The van der Waals surface area contributed by atoms with Gasteiger partial charge < -0.3 is 10.1 Å². The second-order valence-corrected chi connectivity index (χ2v) is 12.3. The van der Waals surface area contributed by atoms with Crippen LogP contribution < -0.4 is 10.1 Å². The van der Waals surface area contributed by atoms with Crippen LogP contribution in [0, 0.1) is 18.8 Å². The van der Waals surface area contributed by atoms with E-state index in [2.05, 4.69) is 20.0 Å². The smallest absolute Gasteiger partial charge is 0.391 e. The molecule has 3 rings (SSSR count). The van der Waals surface area contributed by atoms with E-state index in [1.807, 2.05) is 0 Å². The van der Waals surface area contributed by atoms with Gasteiger partial charge in [-0.2, -0.15) is 22.0 Å².